The van der Waals surface area contributed by atoms with Crippen LogP contribution in [-0.2, 0) is 11.2 Å². The maximum atomic E-state index is 10.3. The van der Waals surface area contributed by atoms with E-state index in [1.54, 1.807) is 0 Å². The first-order chi connectivity index (χ1) is 15.5. The van der Waals surface area contributed by atoms with E-state index >= 15 is 0 Å². The van der Waals surface area contributed by atoms with Crippen molar-refractivity contribution in [3.05, 3.63) is 54.4 Å². The Balaban J connectivity index is 1.35. The van der Waals surface area contributed by atoms with Gasteiger partial charge in [0.1, 0.15) is 18.3 Å². The average molecular weight is 437 g/mol. The van der Waals surface area contributed by atoms with Crippen LogP contribution in [0.2, 0.25) is 0 Å². The average Bonchev–Trinajstić information content (AvgIpc) is 3.35. The number of nitrogens with two attached hydrogens (primary N) is 1. The van der Waals surface area contributed by atoms with Crippen molar-refractivity contribution < 1.29 is 24.8 Å². The highest BCUT2D eigenvalue weighted by Gasteiger charge is 2.44. The summed E-state index contributed by atoms with van der Waals surface area (Å²) in [4.78, 5) is 12.7. The number of rotatable bonds is 6. The van der Waals surface area contributed by atoms with Crippen molar-refractivity contribution >= 4 is 27.8 Å². The monoisotopic (exact) mass is 437 g/mol. The topological polar surface area (TPSA) is 149 Å². The molecule has 0 aliphatic carbocycles. The van der Waals surface area contributed by atoms with Crippen molar-refractivity contribution in [2.75, 3.05) is 18.9 Å². The molecule has 4 aromatic rings. The van der Waals surface area contributed by atoms with Gasteiger partial charge in [-0.05, 0) is 16.3 Å². The third kappa shape index (κ3) is 3.63. The molecular formula is C22H23N5O5. The molecule has 166 valence electrons. The van der Waals surface area contributed by atoms with Gasteiger partial charge in [0.2, 0.25) is 0 Å². The fourth-order valence-corrected chi connectivity index (χ4v) is 3.93. The van der Waals surface area contributed by atoms with E-state index < -0.39 is 31.1 Å². The SMILES string of the molecule is Nc1nc(OCCc2ccc3ccccc3c2)nc2c1ncn2[C@@H]1O[C@H](CO)C(O)[C@@H]1O. The van der Waals surface area contributed by atoms with Gasteiger partial charge in [-0.15, -0.1) is 0 Å². The number of imidazole rings is 1. The highest BCUT2D eigenvalue weighted by atomic mass is 16.6. The predicted octanol–water partition coefficient (Wildman–Crippen LogP) is 0.795. The van der Waals surface area contributed by atoms with E-state index in [9.17, 15) is 15.3 Å². The van der Waals surface area contributed by atoms with Gasteiger partial charge in [0.05, 0.1) is 19.5 Å². The van der Waals surface area contributed by atoms with Gasteiger partial charge < -0.3 is 30.5 Å². The number of hydrogen-bond acceptors (Lipinski definition) is 9. The highest BCUT2D eigenvalue weighted by Crippen LogP contribution is 2.32. The number of aromatic nitrogens is 4. The van der Waals surface area contributed by atoms with E-state index in [0.717, 1.165) is 10.9 Å². The van der Waals surface area contributed by atoms with E-state index in [1.807, 2.05) is 12.1 Å². The summed E-state index contributed by atoms with van der Waals surface area (Å²) in [5.74, 6) is 0.126. The molecule has 5 rings (SSSR count). The van der Waals surface area contributed by atoms with Crippen LogP contribution >= 0.6 is 0 Å². The van der Waals surface area contributed by atoms with Crippen LogP contribution in [0.15, 0.2) is 48.8 Å². The van der Waals surface area contributed by atoms with Crippen LogP contribution in [0.5, 0.6) is 6.01 Å². The van der Waals surface area contributed by atoms with Gasteiger partial charge in [0.15, 0.2) is 23.2 Å². The van der Waals surface area contributed by atoms with Gasteiger partial charge >= 0.3 is 6.01 Å². The summed E-state index contributed by atoms with van der Waals surface area (Å²) in [5.41, 5.74) is 7.77. The summed E-state index contributed by atoms with van der Waals surface area (Å²) in [6.07, 6.45) is -2.34. The van der Waals surface area contributed by atoms with Gasteiger partial charge in [-0.1, -0.05) is 42.5 Å². The van der Waals surface area contributed by atoms with Crippen LogP contribution in [0.1, 0.15) is 11.8 Å². The molecule has 1 fully saturated rings. The summed E-state index contributed by atoms with van der Waals surface area (Å²) < 4.78 is 12.8. The van der Waals surface area contributed by atoms with Gasteiger partial charge in [0.25, 0.3) is 0 Å². The highest BCUT2D eigenvalue weighted by molar-refractivity contribution is 5.83. The molecule has 10 heteroatoms. The summed E-state index contributed by atoms with van der Waals surface area (Å²) in [6, 6.07) is 14.5. The zero-order chi connectivity index (χ0) is 22.2. The van der Waals surface area contributed by atoms with Gasteiger partial charge in [0, 0.05) is 6.42 Å². The third-order valence-corrected chi connectivity index (χ3v) is 5.65. The van der Waals surface area contributed by atoms with E-state index in [0.29, 0.717) is 24.2 Å². The number of aliphatic hydroxyl groups is 3. The van der Waals surface area contributed by atoms with Crippen LogP contribution in [0.3, 0.4) is 0 Å². The van der Waals surface area contributed by atoms with Crippen molar-refractivity contribution in [3.63, 3.8) is 0 Å². The first-order valence-corrected chi connectivity index (χ1v) is 10.3. The zero-order valence-electron chi connectivity index (χ0n) is 17.1. The first kappa shape index (κ1) is 20.6. The third-order valence-electron chi connectivity index (χ3n) is 5.65. The number of aliphatic hydroxyl groups excluding tert-OH is 3. The van der Waals surface area contributed by atoms with Crippen LogP contribution < -0.4 is 10.5 Å². The fourth-order valence-electron chi connectivity index (χ4n) is 3.93. The summed E-state index contributed by atoms with van der Waals surface area (Å²) in [5, 5.41) is 32.1. The molecule has 3 heterocycles. The Morgan fingerprint density at radius 2 is 1.88 bits per heavy atom. The fraction of sp³-hybridized carbons (Fsp3) is 0.318. The van der Waals surface area contributed by atoms with Crippen molar-refractivity contribution in [2.45, 2.75) is 31.0 Å². The van der Waals surface area contributed by atoms with Crippen molar-refractivity contribution in [2.24, 2.45) is 0 Å². The summed E-state index contributed by atoms with van der Waals surface area (Å²) in [6.45, 7) is -0.0904. The van der Waals surface area contributed by atoms with Crippen LogP contribution in [0, 0.1) is 0 Å². The van der Waals surface area contributed by atoms with Gasteiger partial charge in [-0.3, -0.25) is 4.57 Å². The second kappa shape index (κ2) is 8.32. The maximum Gasteiger partial charge on any atom is 0.320 e. The molecule has 0 bridgehead atoms. The van der Waals surface area contributed by atoms with E-state index in [2.05, 4.69) is 45.3 Å². The van der Waals surface area contributed by atoms with E-state index in [1.165, 1.54) is 16.3 Å². The number of fused-ring (bicyclic) bond motifs is 2. The van der Waals surface area contributed by atoms with Crippen molar-refractivity contribution in [3.8, 4) is 6.01 Å². The largest absolute Gasteiger partial charge is 0.463 e. The lowest BCUT2D eigenvalue weighted by molar-refractivity contribution is -0.0511. The molecule has 0 radical (unpaired) electrons. The maximum absolute atomic E-state index is 10.3. The molecule has 0 saturated carbocycles. The molecule has 2 aromatic heterocycles. The summed E-state index contributed by atoms with van der Waals surface area (Å²) in [7, 11) is 0. The second-order valence-corrected chi connectivity index (χ2v) is 7.72. The summed E-state index contributed by atoms with van der Waals surface area (Å²) >= 11 is 0. The lowest BCUT2D eigenvalue weighted by atomic mass is 10.1. The Kier molecular flexibility index (Phi) is 5.35. The molecule has 32 heavy (non-hydrogen) atoms. The lowest BCUT2D eigenvalue weighted by Gasteiger charge is -2.16. The number of benzene rings is 2. The molecule has 0 spiro atoms. The van der Waals surface area contributed by atoms with Crippen LogP contribution in [0.4, 0.5) is 5.82 Å². The molecule has 0 amide bonds. The number of nitrogens with zero attached hydrogens (tertiary/aromatic N) is 4. The smallest absolute Gasteiger partial charge is 0.320 e. The second-order valence-electron chi connectivity index (χ2n) is 7.72. The number of ether oxygens (including phenoxy) is 2. The lowest BCUT2D eigenvalue weighted by Crippen LogP contribution is -2.33. The predicted molar refractivity (Wildman–Crippen MR) is 116 cm³/mol. The van der Waals surface area contributed by atoms with Crippen LogP contribution in [-0.4, -0.2) is 66.4 Å². The Bertz CT molecular complexity index is 1260. The standard InChI is InChI=1S/C22H23N5O5/c23-19-16-20(27(11-24-16)21-18(30)17(29)15(10-28)32-21)26-22(25-19)31-8-7-12-5-6-13-3-1-2-4-14(13)9-12/h1-6,9,11,15,17-18,21,28-30H,7-8,10H2,(H2,23,25,26)/t15-,17?,18+,21-/m1/s1. The Hall–Kier alpha value is -3.31. The first-order valence-electron chi connectivity index (χ1n) is 10.3. The molecule has 4 atom stereocenters. The molecular weight excluding hydrogens is 414 g/mol. The molecule has 5 N–H and O–H groups in total. The Morgan fingerprint density at radius 3 is 2.66 bits per heavy atom. The zero-order valence-corrected chi connectivity index (χ0v) is 17.1. The number of anilines is 1. The van der Waals surface area contributed by atoms with E-state index in [-0.39, 0.29) is 11.8 Å². The minimum Gasteiger partial charge on any atom is -0.463 e. The van der Waals surface area contributed by atoms with E-state index in [4.69, 9.17) is 15.2 Å². The molecule has 1 aliphatic rings. The molecule has 10 nitrogen and oxygen atoms in total. The normalized spacial score (nSPS) is 23.2. The number of nitrogen functional groups attached to an aromatic ring is 1. The van der Waals surface area contributed by atoms with Gasteiger partial charge in [-0.25, -0.2) is 4.98 Å². The number of hydrogen-bond donors (Lipinski definition) is 4. The van der Waals surface area contributed by atoms with Gasteiger partial charge in [-0.2, -0.15) is 9.97 Å². The molecule has 1 saturated heterocycles. The van der Waals surface area contributed by atoms with Crippen molar-refractivity contribution in [1.29, 1.82) is 0 Å². The Labute approximate surface area is 182 Å². The minimum atomic E-state index is -1.27. The quantitative estimate of drug-likeness (QED) is 0.343. The van der Waals surface area contributed by atoms with Crippen LogP contribution in [0.25, 0.3) is 21.9 Å². The molecule has 1 aliphatic heterocycles. The van der Waals surface area contributed by atoms with Crippen molar-refractivity contribution in [1.82, 2.24) is 19.5 Å². The Morgan fingerprint density at radius 1 is 1.06 bits per heavy atom. The molecule has 1 unspecified atom stereocenters. The molecule has 2 aromatic carbocycles. The minimum absolute atomic E-state index is 0.0734.